The summed E-state index contributed by atoms with van der Waals surface area (Å²) in [5, 5.41) is 16.7. The Morgan fingerprint density at radius 3 is 2.63 bits per heavy atom. The molecular formula is C22H24Cl2FN5. The maximum absolute atomic E-state index is 14.0. The van der Waals surface area contributed by atoms with E-state index < -0.39 is 0 Å². The number of nitrogens with one attached hydrogen (secondary N) is 2. The Morgan fingerprint density at radius 1 is 1.20 bits per heavy atom. The molecule has 0 aliphatic carbocycles. The van der Waals surface area contributed by atoms with Gasteiger partial charge in [0, 0.05) is 44.8 Å². The van der Waals surface area contributed by atoms with Crippen molar-refractivity contribution in [3.8, 4) is 6.07 Å². The van der Waals surface area contributed by atoms with Gasteiger partial charge in [-0.1, -0.05) is 29.3 Å². The highest BCUT2D eigenvalue weighted by molar-refractivity contribution is 6.42. The Labute approximate surface area is 186 Å². The standard InChI is InChI=1S/C22H24Cl2FN5/c1-27-22(28-13-17-10-15(12-26)3-5-21(17)25)29-18-6-8-30(9-7-18)14-16-2-4-19(23)20(24)11-16/h2-5,10-11,18H,6-9,13-14H2,1H3,(H2,27,28,29). The van der Waals surface area contributed by atoms with Crippen LogP contribution in [0.4, 0.5) is 4.39 Å². The predicted octanol–water partition coefficient (Wildman–Crippen LogP) is 4.33. The first-order chi connectivity index (χ1) is 14.5. The van der Waals surface area contributed by atoms with E-state index in [4.69, 9.17) is 28.5 Å². The monoisotopic (exact) mass is 447 g/mol. The molecule has 1 fully saturated rings. The number of nitriles is 1. The first-order valence-corrected chi connectivity index (χ1v) is 10.6. The minimum Gasteiger partial charge on any atom is -0.354 e. The van der Waals surface area contributed by atoms with Gasteiger partial charge in [-0.3, -0.25) is 9.89 Å². The summed E-state index contributed by atoms with van der Waals surface area (Å²) < 4.78 is 14.0. The molecule has 1 aliphatic rings. The van der Waals surface area contributed by atoms with E-state index in [1.54, 1.807) is 13.1 Å². The Morgan fingerprint density at radius 2 is 1.97 bits per heavy atom. The van der Waals surface area contributed by atoms with E-state index in [2.05, 4.69) is 20.5 Å². The van der Waals surface area contributed by atoms with Gasteiger partial charge in [0.2, 0.25) is 0 Å². The van der Waals surface area contributed by atoms with E-state index in [1.807, 2.05) is 24.3 Å². The molecule has 0 radical (unpaired) electrons. The van der Waals surface area contributed by atoms with E-state index in [1.165, 1.54) is 12.1 Å². The van der Waals surface area contributed by atoms with Crippen LogP contribution in [0.1, 0.15) is 29.5 Å². The van der Waals surface area contributed by atoms with E-state index in [-0.39, 0.29) is 18.4 Å². The van der Waals surface area contributed by atoms with Gasteiger partial charge in [0.25, 0.3) is 0 Å². The molecular weight excluding hydrogens is 424 g/mol. The van der Waals surface area contributed by atoms with Gasteiger partial charge in [0.1, 0.15) is 5.82 Å². The summed E-state index contributed by atoms with van der Waals surface area (Å²) in [6.45, 7) is 3.00. The number of piperidine rings is 1. The molecule has 0 spiro atoms. The van der Waals surface area contributed by atoms with Crippen molar-refractivity contribution in [3.63, 3.8) is 0 Å². The number of guanidine groups is 1. The zero-order valence-electron chi connectivity index (χ0n) is 16.8. The van der Waals surface area contributed by atoms with Crippen LogP contribution in [0.3, 0.4) is 0 Å². The Balaban J connectivity index is 1.47. The normalized spacial score (nSPS) is 15.6. The highest BCUT2D eigenvalue weighted by Gasteiger charge is 2.20. The number of hydrogen-bond donors (Lipinski definition) is 2. The fraction of sp³-hybridized carbons (Fsp3) is 0.364. The van der Waals surface area contributed by atoms with Crippen LogP contribution in [0.15, 0.2) is 41.4 Å². The molecule has 30 heavy (non-hydrogen) atoms. The van der Waals surface area contributed by atoms with Crippen molar-refractivity contribution in [1.82, 2.24) is 15.5 Å². The molecule has 5 nitrogen and oxygen atoms in total. The number of rotatable bonds is 5. The van der Waals surface area contributed by atoms with Crippen LogP contribution in [-0.4, -0.2) is 37.0 Å². The fourth-order valence-corrected chi connectivity index (χ4v) is 3.80. The number of likely N-dealkylation sites (tertiary alicyclic amines) is 1. The Hall–Kier alpha value is -2.33. The van der Waals surface area contributed by atoms with Gasteiger partial charge >= 0.3 is 0 Å². The van der Waals surface area contributed by atoms with Crippen LogP contribution in [0.25, 0.3) is 0 Å². The molecule has 0 unspecified atom stereocenters. The molecule has 2 aromatic rings. The molecule has 0 amide bonds. The van der Waals surface area contributed by atoms with Crippen molar-refractivity contribution >= 4 is 29.2 Å². The van der Waals surface area contributed by atoms with Crippen LogP contribution in [0.5, 0.6) is 0 Å². The van der Waals surface area contributed by atoms with Crippen molar-refractivity contribution in [2.45, 2.75) is 32.0 Å². The lowest BCUT2D eigenvalue weighted by Gasteiger charge is -2.33. The van der Waals surface area contributed by atoms with Gasteiger partial charge in [-0.15, -0.1) is 0 Å². The van der Waals surface area contributed by atoms with Gasteiger partial charge in [-0.25, -0.2) is 4.39 Å². The third kappa shape index (κ3) is 6.09. The van der Waals surface area contributed by atoms with Crippen molar-refractivity contribution < 1.29 is 4.39 Å². The van der Waals surface area contributed by atoms with Crippen LogP contribution in [0, 0.1) is 17.1 Å². The van der Waals surface area contributed by atoms with E-state index in [0.29, 0.717) is 27.1 Å². The molecule has 0 aromatic heterocycles. The lowest BCUT2D eigenvalue weighted by molar-refractivity contribution is 0.198. The number of benzene rings is 2. The summed E-state index contributed by atoms with van der Waals surface area (Å²) >= 11 is 12.1. The average molecular weight is 448 g/mol. The van der Waals surface area contributed by atoms with E-state index >= 15 is 0 Å². The van der Waals surface area contributed by atoms with Gasteiger partial charge in [0.05, 0.1) is 21.7 Å². The zero-order valence-corrected chi connectivity index (χ0v) is 18.3. The second-order valence-electron chi connectivity index (χ2n) is 7.29. The first kappa shape index (κ1) is 22.4. The molecule has 1 heterocycles. The Kier molecular flexibility index (Phi) is 7.92. The third-order valence-corrected chi connectivity index (χ3v) is 5.90. The maximum Gasteiger partial charge on any atom is 0.191 e. The highest BCUT2D eigenvalue weighted by atomic mass is 35.5. The minimum absolute atomic E-state index is 0.261. The molecule has 0 atom stereocenters. The fourth-order valence-electron chi connectivity index (χ4n) is 3.48. The predicted molar refractivity (Wildman–Crippen MR) is 119 cm³/mol. The van der Waals surface area contributed by atoms with Crippen molar-refractivity contribution in [2.24, 2.45) is 4.99 Å². The molecule has 1 saturated heterocycles. The molecule has 1 aliphatic heterocycles. The largest absolute Gasteiger partial charge is 0.354 e. The van der Waals surface area contributed by atoms with Gasteiger partial charge in [-0.2, -0.15) is 5.26 Å². The van der Waals surface area contributed by atoms with Gasteiger partial charge in [0.15, 0.2) is 5.96 Å². The lowest BCUT2D eigenvalue weighted by Crippen LogP contribution is -2.48. The average Bonchev–Trinajstić information content (AvgIpc) is 2.76. The quantitative estimate of drug-likeness (QED) is 0.528. The maximum atomic E-state index is 14.0. The summed E-state index contributed by atoms with van der Waals surface area (Å²) in [4.78, 5) is 6.63. The van der Waals surface area contributed by atoms with Gasteiger partial charge in [-0.05, 0) is 48.7 Å². The van der Waals surface area contributed by atoms with Crippen LogP contribution in [-0.2, 0) is 13.1 Å². The van der Waals surface area contributed by atoms with Crippen molar-refractivity contribution in [3.05, 3.63) is 69.0 Å². The lowest BCUT2D eigenvalue weighted by atomic mass is 10.0. The molecule has 8 heteroatoms. The zero-order chi connectivity index (χ0) is 21.5. The topological polar surface area (TPSA) is 63.5 Å². The van der Waals surface area contributed by atoms with Crippen LogP contribution < -0.4 is 10.6 Å². The van der Waals surface area contributed by atoms with Gasteiger partial charge < -0.3 is 10.6 Å². The highest BCUT2D eigenvalue weighted by Crippen LogP contribution is 2.24. The molecule has 2 N–H and O–H groups in total. The molecule has 158 valence electrons. The second kappa shape index (κ2) is 10.6. The smallest absolute Gasteiger partial charge is 0.191 e. The Bertz CT molecular complexity index is 949. The summed E-state index contributed by atoms with van der Waals surface area (Å²) in [6.07, 6.45) is 1.95. The third-order valence-electron chi connectivity index (χ3n) is 5.16. The molecule has 3 rings (SSSR count). The van der Waals surface area contributed by atoms with E-state index in [9.17, 15) is 4.39 Å². The SMILES string of the molecule is CN=C(NCc1cc(C#N)ccc1F)NC1CCN(Cc2ccc(Cl)c(Cl)c2)CC1. The number of nitrogens with zero attached hydrogens (tertiary/aromatic N) is 3. The van der Waals surface area contributed by atoms with Crippen molar-refractivity contribution in [1.29, 1.82) is 5.26 Å². The molecule has 0 saturated carbocycles. The molecule has 2 aromatic carbocycles. The minimum atomic E-state index is -0.340. The summed E-state index contributed by atoms with van der Waals surface area (Å²) in [5.74, 6) is 0.284. The van der Waals surface area contributed by atoms with Crippen molar-refractivity contribution in [2.75, 3.05) is 20.1 Å². The van der Waals surface area contributed by atoms with Crippen LogP contribution >= 0.6 is 23.2 Å². The molecule has 0 bridgehead atoms. The second-order valence-corrected chi connectivity index (χ2v) is 8.10. The van der Waals surface area contributed by atoms with E-state index in [0.717, 1.165) is 38.0 Å². The first-order valence-electron chi connectivity index (χ1n) is 9.80. The number of aliphatic imine (C=N–C) groups is 1. The van der Waals surface area contributed by atoms with Crippen LogP contribution in [0.2, 0.25) is 10.0 Å². The summed E-state index contributed by atoms with van der Waals surface area (Å²) in [7, 11) is 1.69. The summed E-state index contributed by atoms with van der Waals surface area (Å²) in [6, 6.07) is 12.4. The number of hydrogen-bond acceptors (Lipinski definition) is 3. The summed E-state index contributed by atoms with van der Waals surface area (Å²) in [5.41, 5.74) is 2.02. The number of halogens is 3.